The smallest absolute Gasteiger partial charge is 0.250 e. The lowest BCUT2D eigenvalue weighted by Gasteiger charge is -1.98. The number of rotatable bonds is 5. The van der Waals surface area contributed by atoms with Gasteiger partial charge in [-0.05, 0) is 35.4 Å². The van der Waals surface area contributed by atoms with E-state index < -0.39 is 0 Å². The van der Waals surface area contributed by atoms with Crippen LogP contribution in [-0.4, -0.2) is 15.9 Å². The predicted octanol–water partition coefficient (Wildman–Crippen LogP) is 3.92. The van der Waals surface area contributed by atoms with Crippen LogP contribution in [-0.2, 0) is 11.2 Å². The van der Waals surface area contributed by atoms with Crippen molar-refractivity contribution < 1.29 is 9.18 Å². The molecule has 1 amide bonds. The zero-order chi connectivity index (χ0) is 16.8. The molecule has 2 heterocycles. The van der Waals surface area contributed by atoms with Crippen LogP contribution >= 0.6 is 11.3 Å². The van der Waals surface area contributed by atoms with E-state index in [1.54, 1.807) is 36.8 Å². The molecule has 1 N–H and O–H groups in total. The molecule has 6 heteroatoms. The van der Waals surface area contributed by atoms with Gasteiger partial charge in [0.25, 0.3) is 0 Å². The lowest BCUT2D eigenvalue weighted by atomic mass is 10.1. The van der Waals surface area contributed by atoms with Crippen molar-refractivity contribution in [3.05, 3.63) is 82.9 Å². The fourth-order valence-electron chi connectivity index (χ4n) is 2.09. The van der Waals surface area contributed by atoms with E-state index in [9.17, 15) is 9.18 Å². The van der Waals surface area contributed by atoms with Crippen molar-refractivity contribution in [2.75, 3.05) is 5.32 Å². The molecule has 0 bridgehead atoms. The molecule has 0 unspecified atom stereocenters. The van der Waals surface area contributed by atoms with Crippen molar-refractivity contribution in [3.63, 3.8) is 0 Å². The molecule has 0 saturated heterocycles. The van der Waals surface area contributed by atoms with Crippen LogP contribution in [0.3, 0.4) is 0 Å². The lowest BCUT2D eigenvalue weighted by molar-refractivity contribution is -0.111. The van der Waals surface area contributed by atoms with Gasteiger partial charge in [-0.3, -0.25) is 15.1 Å². The fourth-order valence-corrected chi connectivity index (χ4v) is 2.94. The van der Waals surface area contributed by atoms with Gasteiger partial charge in [-0.15, -0.1) is 11.3 Å². The number of carbonyl (C=O) groups excluding carboxylic acids is 1. The highest BCUT2D eigenvalue weighted by atomic mass is 32.1. The number of halogens is 1. The van der Waals surface area contributed by atoms with E-state index >= 15 is 0 Å². The largest absolute Gasteiger partial charge is 0.298 e. The first-order chi connectivity index (χ1) is 11.7. The minimum atomic E-state index is -0.259. The Balaban J connectivity index is 1.59. The average Bonchev–Trinajstić information content (AvgIpc) is 3.01. The third-order valence-electron chi connectivity index (χ3n) is 3.16. The van der Waals surface area contributed by atoms with Crippen molar-refractivity contribution in [3.8, 4) is 0 Å². The van der Waals surface area contributed by atoms with Gasteiger partial charge in [0.1, 0.15) is 5.82 Å². The Labute approximate surface area is 142 Å². The van der Waals surface area contributed by atoms with Crippen LogP contribution < -0.4 is 5.32 Å². The van der Waals surface area contributed by atoms with E-state index in [0.29, 0.717) is 11.6 Å². The Hall–Kier alpha value is -2.86. The van der Waals surface area contributed by atoms with E-state index in [0.717, 1.165) is 16.0 Å². The second kappa shape index (κ2) is 7.61. The molecule has 3 aromatic rings. The second-order valence-corrected chi connectivity index (χ2v) is 6.16. The SMILES string of the molecule is O=C(C=Cc1cccnc1)Nc1ncc(Cc2cccc(F)c2)s1. The first-order valence-electron chi connectivity index (χ1n) is 7.27. The number of pyridine rings is 1. The number of hydrogen-bond donors (Lipinski definition) is 1. The summed E-state index contributed by atoms with van der Waals surface area (Å²) < 4.78 is 13.2. The van der Waals surface area contributed by atoms with E-state index in [1.165, 1.54) is 29.5 Å². The normalized spacial score (nSPS) is 10.9. The van der Waals surface area contributed by atoms with Crippen molar-refractivity contribution in [2.45, 2.75) is 6.42 Å². The molecule has 0 aliphatic rings. The highest BCUT2D eigenvalue weighted by Crippen LogP contribution is 2.21. The van der Waals surface area contributed by atoms with Gasteiger partial charge in [0.15, 0.2) is 5.13 Å². The molecular formula is C18H14FN3OS. The maximum atomic E-state index is 13.2. The number of nitrogens with zero attached hydrogens (tertiary/aromatic N) is 2. The zero-order valence-electron chi connectivity index (χ0n) is 12.6. The monoisotopic (exact) mass is 339 g/mol. The Morgan fingerprint density at radius 3 is 2.96 bits per heavy atom. The number of thiazole rings is 1. The molecule has 0 radical (unpaired) electrons. The number of hydrogen-bond acceptors (Lipinski definition) is 4. The Bertz CT molecular complexity index is 861. The predicted molar refractivity (Wildman–Crippen MR) is 93.2 cm³/mol. The summed E-state index contributed by atoms with van der Waals surface area (Å²) in [5.41, 5.74) is 1.71. The molecule has 0 fully saturated rings. The summed E-state index contributed by atoms with van der Waals surface area (Å²) in [4.78, 5) is 21.0. The standard InChI is InChI=1S/C18H14FN3OS/c19-15-5-1-3-14(9-15)10-16-12-21-18(24-16)22-17(23)7-6-13-4-2-8-20-11-13/h1-9,11-12H,10H2,(H,21,22,23). The summed E-state index contributed by atoms with van der Waals surface area (Å²) in [6, 6.07) is 10.1. The molecule has 3 rings (SSSR count). The third kappa shape index (κ3) is 4.57. The lowest BCUT2D eigenvalue weighted by Crippen LogP contribution is -2.07. The number of benzene rings is 1. The van der Waals surface area contributed by atoms with Gasteiger partial charge in [0.2, 0.25) is 5.91 Å². The van der Waals surface area contributed by atoms with Gasteiger partial charge in [0.05, 0.1) is 0 Å². The molecule has 0 aliphatic carbocycles. The molecule has 4 nitrogen and oxygen atoms in total. The number of anilines is 1. The highest BCUT2D eigenvalue weighted by Gasteiger charge is 2.06. The van der Waals surface area contributed by atoms with E-state index in [1.807, 2.05) is 12.1 Å². The van der Waals surface area contributed by atoms with E-state index in [-0.39, 0.29) is 11.7 Å². The molecule has 120 valence electrons. The molecule has 24 heavy (non-hydrogen) atoms. The van der Waals surface area contributed by atoms with Crippen molar-refractivity contribution in [1.82, 2.24) is 9.97 Å². The summed E-state index contributed by atoms with van der Waals surface area (Å²) in [5, 5.41) is 3.23. The van der Waals surface area contributed by atoms with Crippen LogP contribution in [0.15, 0.2) is 61.1 Å². The highest BCUT2D eigenvalue weighted by molar-refractivity contribution is 7.15. The Morgan fingerprint density at radius 2 is 2.17 bits per heavy atom. The minimum absolute atomic E-state index is 0.258. The summed E-state index contributed by atoms with van der Waals surface area (Å²) in [6.07, 6.45) is 8.73. The summed E-state index contributed by atoms with van der Waals surface area (Å²) >= 11 is 1.37. The van der Waals surface area contributed by atoms with Gasteiger partial charge in [0, 0.05) is 36.0 Å². The van der Waals surface area contributed by atoms with Gasteiger partial charge < -0.3 is 0 Å². The Kier molecular flexibility index (Phi) is 5.08. The van der Waals surface area contributed by atoms with Crippen LogP contribution in [0.4, 0.5) is 9.52 Å². The number of aromatic nitrogens is 2. The van der Waals surface area contributed by atoms with Crippen molar-refractivity contribution in [1.29, 1.82) is 0 Å². The van der Waals surface area contributed by atoms with E-state index in [2.05, 4.69) is 15.3 Å². The van der Waals surface area contributed by atoms with Crippen LogP contribution in [0.25, 0.3) is 6.08 Å². The minimum Gasteiger partial charge on any atom is -0.298 e. The van der Waals surface area contributed by atoms with Gasteiger partial charge in [-0.1, -0.05) is 18.2 Å². The topological polar surface area (TPSA) is 54.9 Å². The summed E-state index contributed by atoms with van der Waals surface area (Å²) in [5.74, 6) is -0.517. The quantitative estimate of drug-likeness (QED) is 0.717. The van der Waals surface area contributed by atoms with Crippen LogP contribution in [0.5, 0.6) is 0 Å². The Morgan fingerprint density at radius 1 is 1.25 bits per heavy atom. The first-order valence-corrected chi connectivity index (χ1v) is 8.09. The number of nitrogens with one attached hydrogen (secondary N) is 1. The summed E-state index contributed by atoms with van der Waals surface area (Å²) in [6.45, 7) is 0. The van der Waals surface area contributed by atoms with Gasteiger partial charge >= 0.3 is 0 Å². The molecule has 2 aromatic heterocycles. The second-order valence-electron chi connectivity index (χ2n) is 5.05. The molecule has 0 saturated carbocycles. The third-order valence-corrected chi connectivity index (χ3v) is 4.08. The number of amides is 1. The first kappa shape index (κ1) is 16.0. The van der Waals surface area contributed by atoms with Crippen LogP contribution in [0.2, 0.25) is 0 Å². The van der Waals surface area contributed by atoms with Gasteiger partial charge in [-0.25, -0.2) is 9.37 Å². The molecule has 0 aliphatic heterocycles. The van der Waals surface area contributed by atoms with Crippen LogP contribution in [0, 0.1) is 5.82 Å². The summed E-state index contributed by atoms with van der Waals surface area (Å²) in [7, 11) is 0. The maximum absolute atomic E-state index is 13.2. The molecular weight excluding hydrogens is 325 g/mol. The molecule has 0 spiro atoms. The number of carbonyl (C=O) groups is 1. The van der Waals surface area contributed by atoms with Crippen molar-refractivity contribution in [2.24, 2.45) is 0 Å². The maximum Gasteiger partial charge on any atom is 0.250 e. The van der Waals surface area contributed by atoms with Crippen LogP contribution in [0.1, 0.15) is 16.0 Å². The van der Waals surface area contributed by atoms with Gasteiger partial charge in [-0.2, -0.15) is 0 Å². The molecule has 1 aromatic carbocycles. The zero-order valence-corrected chi connectivity index (χ0v) is 13.5. The van der Waals surface area contributed by atoms with Crippen molar-refractivity contribution >= 4 is 28.5 Å². The molecule has 0 atom stereocenters. The fraction of sp³-hybridized carbons (Fsp3) is 0.0556. The van der Waals surface area contributed by atoms with E-state index in [4.69, 9.17) is 0 Å². The average molecular weight is 339 g/mol.